The van der Waals surface area contributed by atoms with Crippen LogP contribution in [0.15, 0.2) is 48.5 Å². The maximum atomic E-state index is 13.6. The molecule has 3 amide bonds. The van der Waals surface area contributed by atoms with Crippen LogP contribution in [0.3, 0.4) is 0 Å². The first-order valence-electron chi connectivity index (χ1n) is 14.8. The lowest BCUT2D eigenvalue weighted by molar-refractivity contribution is -0.133. The van der Waals surface area contributed by atoms with Gasteiger partial charge in [-0.2, -0.15) is 0 Å². The van der Waals surface area contributed by atoms with E-state index in [1.165, 1.54) is 0 Å². The minimum atomic E-state index is -0.790. The molecule has 4 atom stereocenters. The van der Waals surface area contributed by atoms with Crippen LogP contribution in [-0.4, -0.2) is 55.5 Å². The quantitative estimate of drug-likeness (QED) is 0.430. The maximum Gasteiger partial charge on any atom is 0.243 e. The van der Waals surface area contributed by atoms with E-state index in [2.05, 4.69) is 28.2 Å². The largest absolute Gasteiger partial charge is 0.492 e. The van der Waals surface area contributed by atoms with Gasteiger partial charge in [0.1, 0.15) is 24.4 Å². The standard InChI is InChI=1S/C32H43ClN4O4/c1-20(2)29-32(40)36-27(17-22-11-12-22)30(38)35-19-21(3)15-24-8-4-5-10-28(24)41-14-13-34-26(31(39)37-29)18-23-7-6-9-25(33)16-23/h4-10,16,20-22,26-27,29,34H,11-15,17-19H2,1-3H3,(H,35,38)(H,36,40)(H,37,39)/t21-,26-,27+,29-/m1/s1. The molecule has 2 aromatic rings. The summed E-state index contributed by atoms with van der Waals surface area (Å²) in [4.78, 5) is 40.4. The van der Waals surface area contributed by atoms with Gasteiger partial charge in [-0.3, -0.25) is 14.4 Å². The molecular weight excluding hydrogens is 540 g/mol. The maximum absolute atomic E-state index is 13.6. The van der Waals surface area contributed by atoms with E-state index >= 15 is 0 Å². The van der Waals surface area contributed by atoms with E-state index in [4.69, 9.17) is 16.3 Å². The van der Waals surface area contributed by atoms with E-state index in [1.54, 1.807) is 6.07 Å². The van der Waals surface area contributed by atoms with Gasteiger partial charge in [0, 0.05) is 18.1 Å². The monoisotopic (exact) mass is 582 g/mol. The average Bonchev–Trinajstić information content (AvgIpc) is 3.76. The number of carbonyl (C=O) groups is 3. The Morgan fingerprint density at radius 1 is 0.951 bits per heavy atom. The summed E-state index contributed by atoms with van der Waals surface area (Å²) in [5.74, 6) is 0.395. The number of hydrogen-bond acceptors (Lipinski definition) is 5. The highest BCUT2D eigenvalue weighted by molar-refractivity contribution is 6.30. The highest BCUT2D eigenvalue weighted by Crippen LogP contribution is 2.33. The molecule has 4 rings (SSSR count). The van der Waals surface area contributed by atoms with Gasteiger partial charge in [0.2, 0.25) is 17.7 Å². The molecule has 41 heavy (non-hydrogen) atoms. The van der Waals surface area contributed by atoms with Gasteiger partial charge < -0.3 is 26.0 Å². The fourth-order valence-electron chi connectivity index (χ4n) is 5.18. The summed E-state index contributed by atoms with van der Waals surface area (Å²) >= 11 is 6.21. The Morgan fingerprint density at radius 3 is 2.46 bits per heavy atom. The molecule has 2 aliphatic rings. The number of carbonyl (C=O) groups excluding carboxylic acids is 3. The van der Waals surface area contributed by atoms with Gasteiger partial charge in [-0.15, -0.1) is 0 Å². The molecule has 2 aromatic carbocycles. The molecule has 1 aliphatic carbocycles. The third-order valence-corrected chi connectivity index (χ3v) is 7.94. The van der Waals surface area contributed by atoms with Gasteiger partial charge in [-0.1, -0.05) is 75.5 Å². The molecule has 1 saturated carbocycles. The van der Waals surface area contributed by atoms with Crippen molar-refractivity contribution in [2.24, 2.45) is 17.8 Å². The fourth-order valence-corrected chi connectivity index (χ4v) is 5.39. The van der Waals surface area contributed by atoms with Crippen molar-refractivity contribution >= 4 is 29.3 Å². The fraction of sp³-hybridized carbons (Fsp3) is 0.531. The Kier molecular flexibility index (Phi) is 11.1. The number of halogens is 1. The van der Waals surface area contributed by atoms with Crippen molar-refractivity contribution in [2.75, 3.05) is 19.7 Å². The minimum Gasteiger partial charge on any atom is -0.492 e. The average molecular weight is 583 g/mol. The predicted octanol–water partition coefficient (Wildman–Crippen LogP) is 3.65. The molecule has 8 nitrogen and oxygen atoms in total. The minimum absolute atomic E-state index is 0.169. The number of benzene rings is 2. The summed E-state index contributed by atoms with van der Waals surface area (Å²) in [6, 6.07) is 13.3. The van der Waals surface area contributed by atoms with Gasteiger partial charge >= 0.3 is 0 Å². The number of rotatable bonds is 5. The van der Waals surface area contributed by atoms with E-state index in [-0.39, 0.29) is 29.6 Å². The number of nitrogens with one attached hydrogen (secondary N) is 4. The SMILES string of the molecule is CC(C)[C@H]1NC(=O)[C@@H](Cc2cccc(Cl)c2)NCCOc2ccccc2C[C@@H](C)CNC(=O)[C@H](CC2CC2)NC1=O. The summed E-state index contributed by atoms with van der Waals surface area (Å²) in [7, 11) is 0. The van der Waals surface area contributed by atoms with Crippen LogP contribution >= 0.6 is 11.6 Å². The second kappa shape index (κ2) is 14.7. The van der Waals surface area contributed by atoms with Crippen molar-refractivity contribution in [1.29, 1.82) is 0 Å². The highest BCUT2D eigenvalue weighted by atomic mass is 35.5. The topological polar surface area (TPSA) is 109 Å². The van der Waals surface area contributed by atoms with E-state index in [0.29, 0.717) is 43.5 Å². The van der Waals surface area contributed by atoms with Gasteiger partial charge in [0.25, 0.3) is 0 Å². The lowest BCUT2D eigenvalue weighted by Gasteiger charge is -2.28. The molecule has 1 fully saturated rings. The number of para-hydroxylation sites is 1. The molecule has 0 aromatic heterocycles. The first-order chi connectivity index (χ1) is 19.7. The molecule has 1 heterocycles. The van der Waals surface area contributed by atoms with E-state index in [9.17, 15) is 14.4 Å². The molecule has 0 spiro atoms. The van der Waals surface area contributed by atoms with Crippen LogP contribution in [-0.2, 0) is 27.2 Å². The Labute approximate surface area is 248 Å². The number of amides is 3. The van der Waals surface area contributed by atoms with Gasteiger partial charge in [0.15, 0.2) is 0 Å². The van der Waals surface area contributed by atoms with Crippen LogP contribution in [0.1, 0.15) is 51.2 Å². The summed E-state index contributed by atoms with van der Waals surface area (Å²) < 4.78 is 6.13. The van der Waals surface area contributed by atoms with Crippen LogP contribution in [0.2, 0.25) is 5.02 Å². The van der Waals surface area contributed by atoms with Crippen LogP contribution in [0, 0.1) is 17.8 Å². The molecule has 4 N–H and O–H groups in total. The summed E-state index contributed by atoms with van der Waals surface area (Å²) in [5.41, 5.74) is 1.96. The normalized spacial score (nSPS) is 25.1. The van der Waals surface area contributed by atoms with Gasteiger partial charge in [-0.25, -0.2) is 0 Å². The van der Waals surface area contributed by atoms with Crippen molar-refractivity contribution in [1.82, 2.24) is 21.3 Å². The van der Waals surface area contributed by atoms with Gasteiger partial charge in [-0.05, 0) is 66.3 Å². The summed E-state index contributed by atoms with van der Waals surface area (Å²) in [5, 5.41) is 12.9. The molecule has 9 heteroatoms. The molecule has 0 bridgehead atoms. The van der Waals surface area contributed by atoms with Crippen molar-refractivity contribution in [2.45, 2.75) is 71.0 Å². The first-order valence-corrected chi connectivity index (χ1v) is 15.1. The molecule has 0 unspecified atom stereocenters. The molecule has 0 saturated heterocycles. The van der Waals surface area contributed by atoms with Crippen molar-refractivity contribution < 1.29 is 19.1 Å². The first kappa shape index (κ1) is 30.8. The van der Waals surface area contributed by atoms with E-state index in [1.807, 2.05) is 56.3 Å². The van der Waals surface area contributed by atoms with E-state index < -0.39 is 18.1 Å². The second-order valence-electron chi connectivity index (χ2n) is 11.8. The van der Waals surface area contributed by atoms with Crippen molar-refractivity contribution in [3.63, 3.8) is 0 Å². The predicted molar refractivity (Wildman–Crippen MR) is 161 cm³/mol. The molecular formula is C32H43ClN4O4. The number of ether oxygens (including phenoxy) is 1. The zero-order valence-electron chi connectivity index (χ0n) is 24.3. The van der Waals surface area contributed by atoms with Crippen LogP contribution < -0.4 is 26.0 Å². The Hall–Kier alpha value is -3.10. The molecule has 1 aliphatic heterocycles. The third kappa shape index (κ3) is 9.47. The van der Waals surface area contributed by atoms with Crippen LogP contribution in [0.25, 0.3) is 0 Å². The summed E-state index contributed by atoms with van der Waals surface area (Å²) in [6.45, 7) is 7.15. The molecule has 222 valence electrons. The lowest BCUT2D eigenvalue weighted by Crippen LogP contribution is -2.58. The highest BCUT2D eigenvalue weighted by Gasteiger charge is 2.34. The van der Waals surface area contributed by atoms with Crippen LogP contribution in [0.5, 0.6) is 5.75 Å². The van der Waals surface area contributed by atoms with Crippen LogP contribution in [0.4, 0.5) is 0 Å². The Morgan fingerprint density at radius 2 is 1.73 bits per heavy atom. The van der Waals surface area contributed by atoms with E-state index in [0.717, 1.165) is 36.1 Å². The third-order valence-electron chi connectivity index (χ3n) is 7.71. The van der Waals surface area contributed by atoms with Gasteiger partial charge in [0.05, 0.1) is 6.04 Å². The van der Waals surface area contributed by atoms with Crippen molar-refractivity contribution in [3.05, 3.63) is 64.7 Å². The number of fused-ring (bicyclic) bond motifs is 1. The van der Waals surface area contributed by atoms with Crippen molar-refractivity contribution in [3.8, 4) is 5.75 Å². The number of hydrogen-bond donors (Lipinski definition) is 4. The smallest absolute Gasteiger partial charge is 0.243 e. The molecule has 0 radical (unpaired) electrons. The zero-order valence-corrected chi connectivity index (χ0v) is 25.0. The summed E-state index contributed by atoms with van der Waals surface area (Å²) in [6.07, 6.45) is 3.85. The Balaban J connectivity index is 1.58. The zero-order chi connectivity index (χ0) is 29.4. The Bertz CT molecular complexity index is 1200. The second-order valence-corrected chi connectivity index (χ2v) is 12.3. The lowest BCUT2D eigenvalue weighted by atomic mass is 9.99.